The van der Waals surface area contributed by atoms with Crippen molar-refractivity contribution in [2.75, 3.05) is 13.2 Å². The van der Waals surface area contributed by atoms with Crippen LogP contribution in [0.3, 0.4) is 0 Å². The number of halogens is 1. The number of carbonyl (C=O) groups is 1. The molecule has 1 aliphatic rings. The predicted molar refractivity (Wildman–Crippen MR) is 78.3 cm³/mol. The molecule has 0 spiro atoms. The molecule has 0 radical (unpaired) electrons. The van der Waals surface area contributed by atoms with Crippen molar-refractivity contribution in [3.8, 4) is 0 Å². The van der Waals surface area contributed by atoms with Crippen molar-refractivity contribution in [1.82, 2.24) is 9.88 Å². The van der Waals surface area contributed by atoms with Crippen molar-refractivity contribution in [2.24, 2.45) is 0 Å². The van der Waals surface area contributed by atoms with Gasteiger partial charge in [0.05, 0.1) is 0 Å². The molecule has 0 saturated heterocycles. The van der Waals surface area contributed by atoms with E-state index >= 15 is 0 Å². The van der Waals surface area contributed by atoms with Gasteiger partial charge in [0.15, 0.2) is 0 Å². The molecule has 1 amide bonds. The summed E-state index contributed by atoms with van der Waals surface area (Å²) in [5.41, 5.74) is 0.754. The van der Waals surface area contributed by atoms with Crippen LogP contribution in [0.5, 0.6) is 0 Å². The number of aromatic nitrogens is 1. The molecule has 1 aromatic rings. The van der Waals surface area contributed by atoms with E-state index in [0.29, 0.717) is 12.6 Å². The number of carbonyl (C=O) groups excluding carboxylic acids is 1. The number of aliphatic hydroxyl groups is 1. The van der Waals surface area contributed by atoms with E-state index in [0.717, 1.165) is 35.8 Å². The molecule has 1 saturated carbocycles. The zero-order chi connectivity index (χ0) is 13.7. The minimum Gasteiger partial charge on any atom is -0.396 e. The average molecular weight is 329 g/mol. The number of amides is 1. The molecule has 0 aromatic carbocycles. The van der Waals surface area contributed by atoms with Gasteiger partial charge in [-0.15, -0.1) is 0 Å². The van der Waals surface area contributed by atoms with Gasteiger partial charge in [-0.3, -0.25) is 4.79 Å². The van der Waals surface area contributed by atoms with Gasteiger partial charge in [0, 0.05) is 29.9 Å². The van der Waals surface area contributed by atoms with Crippen LogP contribution in [-0.2, 0) is 0 Å². The van der Waals surface area contributed by atoms with Crippen molar-refractivity contribution in [3.05, 3.63) is 22.4 Å². The van der Waals surface area contributed by atoms with Gasteiger partial charge in [-0.05, 0) is 47.7 Å². The number of aliphatic hydroxyl groups excluding tert-OH is 1. The summed E-state index contributed by atoms with van der Waals surface area (Å²) < 4.78 is 3.04. The van der Waals surface area contributed by atoms with Crippen LogP contribution in [0.4, 0.5) is 0 Å². The number of unbranched alkanes of at least 4 members (excludes halogenated alkanes) is 3. The summed E-state index contributed by atoms with van der Waals surface area (Å²) in [6, 6.07) is 2.40. The highest BCUT2D eigenvalue weighted by Gasteiger charge is 2.27. The molecule has 19 heavy (non-hydrogen) atoms. The third-order valence-electron chi connectivity index (χ3n) is 3.36. The lowest BCUT2D eigenvalue weighted by Crippen LogP contribution is -2.26. The molecule has 4 nitrogen and oxygen atoms in total. The Balaban J connectivity index is 1.76. The Morgan fingerprint density at radius 2 is 2.11 bits per heavy atom. The van der Waals surface area contributed by atoms with E-state index in [1.54, 1.807) is 0 Å². The maximum Gasteiger partial charge on any atom is 0.267 e. The Morgan fingerprint density at radius 1 is 1.37 bits per heavy atom. The fourth-order valence-corrected chi connectivity index (χ4v) is 2.60. The molecule has 5 heteroatoms. The Bertz CT molecular complexity index is 427. The molecule has 1 fully saturated rings. The lowest BCUT2D eigenvalue weighted by molar-refractivity contribution is 0.0943. The van der Waals surface area contributed by atoms with Gasteiger partial charge < -0.3 is 15.0 Å². The van der Waals surface area contributed by atoms with Gasteiger partial charge in [0.25, 0.3) is 5.91 Å². The number of rotatable bonds is 8. The van der Waals surface area contributed by atoms with Crippen LogP contribution in [0.2, 0.25) is 0 Å². The quantitative estimate of drug-likeness (QED) is 0.721. The molecule has 2 rings (SSSR count). The molecule has 0 aliphatic heterocycles. The van der Waals surface area contributed by atoms with Crippen molar-refractivity contribution < 1.29 is 9.90 Å². The third kappa shape index (κ3) is 4.35. The third-order valence-corrected chi connectivity index (χ3v) is 3.79. The maximum absolute atomic E-state index is 12.1. The first-order valence-electron chi connectivity index (χ1n) is 6.99. The summed E-state index contributed by atoms with van der Waals surface area (Å²) in [7, 11) is 0. The van der Waals surface area contributed by atoms with Gasteiger partial charge >= 0.3 is 0 Å². The minimum absolute atomic E-state index is 0.0137. The predicted octanol–water partition coefficient (Wildman–Crippen LogP) is 2.87. The molecule has 0 atom stereocenters. The first kappa shape index (κ1) is 14.6. The van der Waals surface area contributed by atoms with Crippen LogP contribution in [0.1, 0.15) is 55.1 Å². The van der Waals surface area contributed by atoms with E-state index in [1.165, 1.54) is 12.8 Å². The van der Waals surface area contributed by atoms with E-state index in [2.05, 4.69) is 25.8 Å². The second-order valence-electron chi connectivity index (χ2n) is 5.08. The lowest BCUT2D eigenvalue weighted by atomic mass is 10.2. The molecular weight excluding hydrogens is 308 g/mol. The second-order valence-corrected chi connectivity index (χ2v) is 5.99. The van der Waals surface area contributed by atoms with Gasteiger partial charge in [0.2, 0.25) is 0 Å². The minimum atomic E-state index is 0.0137. The molecule has 1 aliphatic carbocycles. The molecule has 0 bridgehead atoms. The van der Waals surface area contributed by atoms with Crippen molar-refractivity contribution in [2.45, 2.75) is 44.6 Å². The van der Waals surface area contributed by atoms with Gasteiger partial charge in [-0.1, -0.05) is 12.8 Å². The van der Waals surface area contributed by atoms with Crippen LogP contribution in [-0.4, -0.2) is 28.7 Å². The second kappa shape index (κ2) is 7.10. The Kier molecular flexibility index (Phi) is 5.45. The highest BCUT2D eigenvalue weighted by molar-refractivity contribution is 9.10. The molecule has 106 valence electrons. The topological polar surface area (TPSA) is 54.3 Å². The summed E-state index contributed by atoms with van der Waals surface area (Å²) in [5, 5.41) is 11.6. The van der Waals surface area contributed by atoms with Crippen LogP contribution in [0, 0.1) is 0 Å². The molecule has 0 unspecified atom stereocenters. The fourth-order valence-electron chi connectivity index (χ4n) is 2.17. The lowest BCUT2D eigenvalue weighted by Gasteiger charge is -2.08. The summed E-state index contributed by atoms with van der Waals surface area (Å²) in [6.07, 6.45) is 8.23. The monoisotopic (exact) mass is 328 g/mol. The highest BCUT2D eigenvalue weighted by Crippen LogP contribution is 2.37. The summed E-state index contributed by atoms with van der Waals surface area (Å²) in [4.78, 5) is 12.1. The molecule has 1 heterocycles. The first-order chi connectivity index (χ1) is 9.22. The Labute approximate surface area is 122 Å². The van der Waals surface area contributed by atoms with Gasteiger partial charge in [-0.2, -0.15) is 0 Å². The van der Waals surface area contributed by atoms with Crippen LogP contribution in [0.25, 0.3) is 0 Å². The largest absolute Gasteiger partial charge is 0.396 e. The summed E-state index contributed by atoms with van der Waals surface area (Å²) in [6.45, 7) is 0.965. The Hall–Kier alpha value is -0.810. The van der Waals surface area contributed by atoms with Crippen molar-refractivity contribution in [1.29, 1.82) is 0 Å². The van der Waals surface area contributed by atoms with Gasteiger partial charge in [0.1, 0.15) is 5.69 Å². The van der Waals surface area contributed by atoms with E-state index < -0.39 is 0 Å². The number of nitrogens with one attached hydrogen (secondary N) is 1. The standard InChI is InChI=1S/C14H21BrN2O2/c15-11-9-13(17(10-11)12-5-6-12)14(19)16-7-3-1-2-4-8-18/h9-10,12,18H,1-8H2,(H,16,19). The molecule has 2 N–H and O–H groups in total. The maximum atomic E-state index is 12.1. The van der Waals surface area contributed by atoms with Crippen LogP contribution in [0.15, 0.2) is 16.7 Å². The van der Waals surface area contributed by atoms with Crippen molar-refractivity contribution in [3.63, 3.8) is 0 Å². The summed E-state index contributed by atoms with van der Waals surface area (Å²) in [5.74, 6) is 0.0137. The molecular formula is C14H21BrN2O2. The Morgan fingerprint density at radius 3 is 2.79 bits per heavy atom. The van der Waals surface area contributed by atoms with E-state index in [-0.39, 0.29) is 12.5 Å². The van der Waals surface area contributed by atoms with Crippen molar-refractivity contribution >= 4 is 21.8 Å². The normalized spacial score (nSPS) is 14.6. The van der Waals surface area contributed by atoms with E-state index in [9.17, 15) is 4.79 Å². The fraction of sp³-hybridized carbons (Fsp3) is 0.643. The van der Waals surface area contributed by atoms with Gasteiger partial charge in [-0.25, -0.2) is 0 Å². The van der Waals surface area contributed by atoms with Crippen LogP contribution >= 0.6 is 15.9 Å². The van der Waals surface area contributed by atoms with E-state index in [1.807, 2.05) is 12.3 Å². The molecule has 1 aromatic heterocycles. The zero-order valence-corrected chi connectivity index (χ0v) is 12.7. The smallest absolute Gasteiger partial charge is 0.267 e. The number of hydrogen-bond acceptors (Lipinski definition) is 2. The van der Waals surface area contributed by atoms with E-state index in [4.69, 9.17) is 5.11 Å². The number of nitrogens with zero attached hydrogens (tertiary/aromatic N) is 1. The highest BCUT2D eigenvalue weighted by atomic mass is 79.9. The average Bonchev–Trinajstić information content (AvgIpc) is 3.16. The first-order valence-corrected chi connectivity index (χ1v) is 7.78. The number of hydrogen-bond donors (Lipinski definition) is 2. The van der Waals surface area contributed by atoms with Crippen LogP contribution < -0.4 is 5.32 Å². The summed E-state index contributed by atoms with van der Waals surface area (Å²) >= 11 is 3.43. The SMILES string of the molecule is O=C(NCCCCCCO)c1cc(Br)cn1C1CC1. The zero-order valence-electron chi connectivity index (χ0n) is 11.1.